The van der Waals surface area contributed by atoms with Gasteiger partial charge in [0.1, 0.15) is 5.75 Å². The van der Waals surface area contributed by atoms with Gasteiger partial charge in [-0.25, -0.2) is 0 Å². The summed E-state index contributed by atoms with van der Waals surface area (Å²) in [5.41, 5.74) is 0.313. The number of carbonyl (C=O) groups excluding carboxylic acids is 1. The lowest BCUT2D eigenvalue weighted by molar-refractivity contribution is -0.384. The van der Waals surface area contributed by atoms with Crippen LogP contribution < -0.4 is 10.1 Å². The number of hydrogen-bond donors (Lipinski definition) is 1. The SMILES string of the molecule is CC(=O)Nc1ccc([N+](=O)[O-])cc1OCCCCl. The molecule has 1 amide bonds. The number of non-ortho nitro benzene ring substituents is 1. The Labute approximate surface area is 109 Å². The van der Waals surface area contributed by atoms with E-state index in [0.29, 0.717) is 24.6 Å². The van der Waals surface area contributed by atoms with E-state index in [4.69, 9.17) is 16.3 Å². The normalized spacial score (nSPS) is 9.89. The smallest absolute Gasteiger partial charge is 0.273 e. The monoisotopic (exact) mass is 272 g/mol. The minimum atomic E-state index is -0.522. The molecule has 1 rings (SSSR count). The minimum Gasteiger partial charge on any atom is -0.491 e. The Morgan fingerprint density at radius 1 is 1.56 bits per heavy atom. The number of ether oxygens (including phenoxy) is 1. The van der Waals surface area contributed by atoms with Gasteiger partial charge in [0.05, 0.1) is 23.3 Å². The molecule has 0 spiro atoms. The van der Waals surface area contributed by atoms with Crippen LogP contribution in [0.3, 0.4) is 0 Å². The molecule has 0 fully saturated rings. The summed E-state index contributed by atoms with van der Waals surface area (Å²) in [6.45, 7) is 1.68. The molecule has 0 heterocycles. The zero-order valence-electron chi connectivity index (χ0n) is 9.81. The summed E-state index contributed by atoms with van der Waals surface area (Å²) in [4.78, 5) is 21.1. The summed E-state index contributed by atoms with van der Waals surface area (Å²) < 4.78 is 5.37. The molecule has 0 saturated carbocycles. The van der Waals surface area contributed by atoms with Gasteiger partial charge in [-0.2, -0.15) is 0 Å². The van der Waals surface area contributed by atoms with Crippen molar-refractivity contribution in [3.05, 3.63) is 28.3 Å². The number of nitrogens with zero attached hydrogens (tertiary/aromatic N) is 1. The Hall–Kier alpha value is -1.82. The van der Waals surface area contributed by atoms with E-state index in [-0.39, 0.29) is 17.3 Å². The number of halogens is 1. The van der Waals surface area contributed by atoms with Crippen LogP contribution in [0.15, 0.2) is 18.2 Å². The number of hydrogen-bond acceptors (Lipinski definition) is 4. The van der Waals surface area contributed by atoms with Crippen molar-refractivity contribution >= 4 is 28.9 Å². The van der Waals surface area contributed by atoms with Crippen molar-refractivity contribution in [1.82, 2.24) is 0 Å². The van der Waals surface area contributed by atoms with E-state index >= 15 is 0 Å². The summed E-state index contributed by atoms with van der Waals surface area (Å²) in [5, 5.41) is 13.2. The summed E-state index contributed by atoms with van der Waals surface area (Å²) >= 11 is 5.52. The minimum absolute atomic E-state index is 0.0926. The average molecular weight is 273 g/mol. The van der Waals surface area contributed by atoms with Crippen LogP contribution in [0, 0.1) is 10.1 Å². The first-order valence-corrected chi connectivity index (χ1v) is 5.83. The zero-order chi connectivity index (χ0) is 13.5. The topological polar surface area (TPSA) is 81.5 Å². The largest absolute Gasteiger partial charge is 0.491 e. The van der Waals surface area contributed by atoms with Crippen molar-refractivity contribution in [3.8, 4) is 5.75 Å². The molecule has 0 aromatic heterocycles. The Bertz CT molecular complexity index is 451. The van der Waals surface area contributed by atoms with Crippen molar-refractivity contribution in [2.24, 2.45) is 0 Å². The first kappa shape index (κ1) is 14.2. The lowest BCUT2D eigenvalue weighted by Crippen LogP contribution is -2.09. The first-order valence-electron chi connectivity index (χ1n) is 5.29. The standard InChI is InChI=1S/C11H13ClN2O4/c1-8(15)13-10-4-3-9(14(16)17)7-11(10)18-6-2-5-12/h3-4,7H,2,5-6H2,1H3,(H,13,15). The van der Waals surface area contributed by atoms with Gasteiger partial charge >= 0.3 is 0 Å². The second-order valence-electron chi connectivity index (χ2n) is 3.51. The molecule has 0 aliphatic heterocycles. The molecule has 0 radical (unpaired) electrons. The van der Waals surface area contributed by atoms with Gasteiger partial charge in [0.2, 0.25) is 5.91 Å². The third-order valence-electron chi connectivity index (χ3n) is 2.02. The van der Waals surface area contributed by atoms with Crippen LogP contribution in [0.2, 0.25) is 0 Å². The molecule has 0 atom stereocenters. The fourth-order valence-corrected chi connectivity index (χ4v) is 1.38. The van der Waals surface area contributed by atoms with Crippen LogP contribution in [0.25, 0.3) is 0 Å². The Morgan fingerprint density at radius 3 is 2.83 bits per heavy atom. The Kier molecular flexibility index (Phi) is 5.38. The number of nitro benzene ring substituents is 1. The van der Waals surface area contributed by atoms with E-state index in [2.05, 4.69) is 5.32 Å². The number of nitro groups is 1. The number of anilines is 1. The predicted octanol–water partition coefficient (Wildman–Crippen LogP) is 2.56. The fraction of sp³-hybridized carbons (Fsp3) is 0.364. The highest BCUT2D eigenvalue weighted by Crippen LogP contribution is 2.29. The number of rotatable bonds is 6. The third-order valence-corrected chi connectivity index (χ3v) is 2.29. The number of alkyl halides is 1. The second kappa shape index (κ2) is 6.80. The van der Waals surface area contributed by atoms with E-state index in [9.17, 15) is 14.9 Å². The van der Waals surface area contributed by atoms with Gasteiger partial charge in [0.25, 0.3) is 5.69 Å². The molecular formula is C11H13ClN2O4. The highest BCUT2D eigenvalue weighted by atomic mass is 35.5. The van der Waals surface area contributed by atoms with Crippen LogP contribution in [0.1, 0.15) is 13.3 Å². The lowest BCUT2D eigenvalue weighted by Gasteiger charge is -2.11. The van der Waals surface area contributed by atoms with Crippen LogP contribution in [0.4, 0.5) is 11.4 Å². The second-order valence-corrected chi connectivity index (χ2v) is 3.89. The van der Waals surface area contributed by atoms with Crippen LogP contribution in [-0.2, 0) is 4.79 Å². The fourth-order valence-electron chi connectivity index (χ4n) is 1.27. The molecule has 98 valence electrons. The van der Waals surface area contributed by atoms with Crippen LogP contribution in [-0.4, -0.2) is 23.3 Å². The summed E-state index contributed by atoms with van der Waals surface area (Å²) in [6.07, 6.45) is 0.615. The predicted molar refractivity (Wildman–Crippen MR) is 68.2 cm³/mol. The van der Waals surface area contributed by atoms with Gasteiger partial charge in [-0.05, 0) is 12.5 Å². The Balaban J connectivity index is 2.93. The van der Waals surface area contributed by atoms with Gasteiger partial charge in [-0.3, -0.25) is 14.9 Å². The highest BCUT2D eigenvalue weighted by Gasteiger charge is 2.12. The molecule has 18 heavy (non-hydrogen) atoms. The van der Waals surface area contributed by atoms with Crippen molar-refractivity contribution in [1.29, 1.82) is 0 Å². The molecule has 0 saturated heterocycles. The van der Waals surface area contributed by atoms with Crippen LogP contribution >= 0.6 is 11.6 Å². The van der Waals surface area contributed by atoms with E-state index in [0.717, 1.165) is 0 Å². The molecule has 7 heteroatoms. The molecule has 1 aromatic rings. The molecule has 1 aromatic carbocycles. The molecule has 6 nitrogen and oxygen atoms in total. The molecule has 0 unspecified atom stereocenters. The number of carbonyl (C=O) groups is 1. The Morgan fingerprint density at radius 2 is 2.28 bits per heavy atom. The summed E-state index contributed by atoms with van der Waals surface area (Å²) in [5.74, 6) is 0.431. The van der Waals surface area contributed by atoms with E-state index in [1.807, 2.05) is 0 Å². The lowest BCUT2D eigenvalue weighted by atomic mass is 10.2. The van der Waals surface area contributed by atoms with E-state index in [1.165, 1.54) is 25.1 Å². The molecule has 0 aliphatic carbocycles. The maximum atomic E-state index is 11.0. The quantitative estimate of drug-likeness (QED) is 0.373. The van der Waals surface area contributed by atoms with E-state index < -0.39 is 4.92 Å². The summed E-state index contributed by atoms with van der Waals surface area (Å²) in [7, 11) is 0. The zero-order valence-corrected chi connectivity index (χ0v) is 10.6. The number of benzene rings is 1. The van der Waals surface area contributed by atoms with Gasteiger partial charge in [-0.15, -0.1) is 11.6 Å². The van der Waals surface area contributed by atoms with Crippen LogP contribution in [0.5, 0.6) is 5.75 Å². The van der Waals surface area contributed by atoms with E-state index in [1.54, 1.807) is 0 Å². The van der Waals surface area contributed by atoms with Crippen molar-refractivity contribution < 1.29 is 14.5 Å². The maximum absolute atomic E-state index is 11.0. The molecule has 1 N–H and O–H groups in total. The van der Waals surface area contributed by atoms with Crippen molar-refractivity contribution in [2.75, 3.05) is 17.8 Å². The molecular weight excluding hydrogens is 260 g/mol. The maximum Gasteiger partial charge on any atom is 0.273 e. The van der Waals surface area contributed by atoms with Crippen molar-refractivity contribution in [2.45, 2.75) is 13.3 Å². The first-order chi connectivity index (χ1) is 8.54. The van der Waals surface area contributed by atoms with Gasteiger partial charge in [0.15, 0.2) is 0 Å². The molecule has 0 bridgehead atoms. The average Bonchev–Trinajstić information content (AvgIpc) is 2.30. The van der Waals surface area contributed by atoms with Gasteiger partial charge < -0.3 is 10.1 Å². The highest BCUT2D eigenvalue weighted by molar-refractivity contribution is 6.17. The number of amides is 1. The van der Waals surface area contributed by atoms with Gasteiger partial charge in [-0.1, -0.05) is 0 Å². The number of nitrogens with one attached hydrogen (secondary N) is 1. The summed E-state index contributed by atoms with van der Waals surface area (Å²) in [6, 6.07) is 4.02. The van der Waals surface area contributed by atoms with Crippen molar-refractivity contribution in [3.63, 3.8) is 0 Å². The molecule has 0 aliphatic rings. The third kappa shape index (κ3) is 4.21. The van der Waals surface area contributed by atoms with Gasteiger partial charge in [0, 0.05) is 18.9 Å².